The van der Waals surface area contributed by atoms with Crippen molar-refractivity contribution in [3.8, 4) is 20.9 Å². The lowest BCUT2D eigenvalue weighted by Crippen LogP contribution is -2.39. The molecule has 4 heterocycles. The number of halogens is 2. The molecule has 446 valence electrons. The van der Waals surface area contributed by atoms with Gasteiger partial charge in [-0.2, -0.15) is 0 Å². The third kappa shape index (κ3) is 19.4. The van der Waals surface area contributed by atoms with E-state index in [-0.39, 0.29) is 11.8 Å². The SMILES string of the molecule is CCCCCCC(CCCC)Cc1cc(-c2ccc3c(c2)N(CC(CCCC)CCCCCC)C(=O)C3C2C(=O)N(CC(CCCC)CCCCCC)c3cc(-c4cc(CC(CCCC)CCCCCC)c(Br)s4)ccc32)sc1Br. The molecule has 80 heavy (non-hydrogen) atoms. The van der Waals surface area contributed by atoms with Gasteiger partial charge < -0.3 is 9.80 Å². The van der Waals surface area contributed by atoms with Gasteiger partial charge in [0.25, 0.3) is 0 Å². The molecule has 0 saturated carbocycles. The highest BCUT2D eigenvalue weighted by Gasteiger charge is 2.51. The lowest BCUT2D eigenvalue weighted by Gasteiger charge is -2.27. The highest BCUT2D eigenvalue weighted by molar-refractivity contribution is 9.11. The monoisotopic (exact) mass is 1260 g/mol. The number of amides is 2. The minimum absolute atomic E-state index is 0.124. The minimum atomic E-state index is -0.566. The van der Waals surface area contributed by atoms with Gasteiger partial charge in [0.15, 0.2) is 0 Å². The fraction of sp³-hybridized carbons (Fsp3) is 0.694. The fourth-order valence-electron chi connectivity index (χ4n) is 13.5. The fourth-order valence-corrected chi connectivity index (χ4v) is 16.9. The van der Waals surface area contributed by atoms with Crippen molar-refractivity contribution in [2.24, 2.45) is 23.7 Å². The first kappa shape index (κ1) is 66.9. The zero-order chi connectivity index (χ0) is 57.2. The smallest absolute Gasteiger partial charge is 0.235 e. The summed E-state index contributed by atoms with van der Waals surface area (Å²) in [5.74, 6) is 1.35. The van der Waals surface area contributed by atoms with Gasteiger partial charge in [-0.1, -0.05) is 259 Å². The summed E-state index contributed by atoms with van der Waals surface area (Å²) in [7, 11) is 0. The number of anilines is 2. The molecule has 0 saturated heterocycles. The van der Waals surface area contributed by atoms with E-state index in [0.29, 0.717) is 23.7 Å². The quantitative estimate of drug-likeness (QED) is 0.0415. The average Bonchev–Trinajstić information content (AvgIpc) is 4.18. The Labute approximate surface area is 514 Å². The normalized spacial score (nSPS) is 16.7. The van der Waals surface area contributed by atoms with Crippen LogP contribution in [0.3, 0.4) is 0 Å². The summed E-state index contributed by atoms with van der Waals surface area (Å²) in [5, 5.41) is 0. The Bertz CT molecular complexity index is 2260. The zero-order valence-corrected chi connectivity index (χ0v) is 56.6. The summed E-state index contributed by atoms with van der Waals surface area (Å²) >= 11 is 11.9. The van der Waals surface area contributed by atoms with Crippen LogP contribution in [0, 0.1) is 23.7 Å². The van der Waals surface area contributed by atoms with E-state index in [0.717, 1.165) is 87.0 Å². The highest BCUT2D eigenvalue weighted by atomic mass is 79.9. The number of nitrogens with zero attached hydrogens (tertiary/aromatic N) is 2. The minimum Gasteiger partial charge on any atom is -0.311 e. The highest BCUT2D eigenvalue weighted by Crippen LogP contribution is 2.54. The molecule has 0 fully saturated rings. The van der Waals surface area contributed by atoms with Crippen LogP contribution in [0.25, 0.3) is 20.9 Å². The molecule has 0 aliphatic carbocycles. The van der Waals surface area contributed by atoms with Gasteiger partial charge in [-0.3, -0.25) is 9.59 Å². The Morgan fingerprint density at radius 2 is 0.688 bits per heavy atom. The molecule has 6 rings (SSSR count). The Morgan fingerprint density at radius 1 is 0.388 bits per heavy atom. The van der Waals surface area contributed by atoms with Gasteiger partial charge in [0.2, 0.25) is 11.8 Å². The standard InChI is InChI=1S/C72H110Br2N2O2S2/c1-9-17-25-29-37-53(33-21-13-5)45-59-49-65(79-69(59)73)57-41-43-61-63(47-57)75(51-55(35-23-15-7)39-31-27-19-11-3)71(77)67(61)68-62-44-42-58(48-64(62)76(72(68)78)52-56(36-24-16-8)40-32-28-20-12-4)66-50-60(70(74)80-66)46-54(34-22-14-6)38-30-26-18-10-2/h41-44,47-50,53-56,67-68H,9-40,45-46,51-52H2,1-8H3. The van der Waals surface area contributed by atoms with Crippen molar-refractivity contribution in [1.29, 1.82) is 0 Å². The van der Waals surface area contributed by atoms with Crippen LogP contribution >= 0.6 is 54.5 Å². The lowest BCUT2D eigenvalue weighted by atomic mass is 9.82. The largest absolute Gasteiger partial charge is 0.311 e. The number of thiophene rings is 2. The molecule has 2 amide bonds. The van der Waals surface area contributed by atoms with E-state index < -0.39 is 11.8 Å². The van der Waals surface area contributed by atoms with Crippen LogP contribution in [0.15, 0.2) is 56.1 Å². The summed E-state index contributed by atoms with van der Waals surface area (Å²) in [6.45, 7) is 19.9. The zero-order valence-electron chi connectivity index (χ0n) is 51.8. The van der Waals surface area contributed by atoms with E-state index in [9.17, 15) is 0 Å². The van der Waals surface area contributed by atoms with Crippen LogP contribution in [0.5, 0.6) is 0 Å². The third-order valence-electron chi connectivity index (χ3n) is 18.4. The van der Waals surface area contributed by atoms with Crippen molar-refractivity contribution < 1.29 is 9.59 Å². The second-order valence-electron chi connectivity index (χ2n) is 25.1. The summed E-state index contributed by atoms with van der Waals surface area (Å²) in [4.78, 5) is 38.8. The molecule has 2 aromatic carbocycles. The van der Waals surface area contributed by atoms with Crippen LogP contribution < -0.4 is 9.80 Å². The van der Waals surface area contributed by atoms with Gasteiger partial charge in [-0.05, 0) is 152 Å². The second kappa shape index (κ2) is 36.6. The predicted molar refractivity (Wildman–Crippen MR) is 360 cm³/mol. The topological polar surface area (TPSA) is 40.6 Å². The van der Waals surface area contributed by atoms with E-state index >= 15 is 9.59 Å². The molecule has 4 nitrogen and oxygen atoms in total. The van der Waals surface area contributed by atoms with Crippen LogP contribution in [0.1, 0.15) is 295 Å². The second-order valence-corrected chi connectivity index (χ2v) is 29.8. The molecule has 2 aliphatic heterocycles. The number of rotatable bonds is 43. The number of benzene rings is 2. The molecule has 0 radical (unpaired) electrons. The molecular weight excluding hydrogens is 1150 g/mol. The van der Waals surface area contributed by atoms with Gasteiger partial charge in [-0.25, -0.2) is 0 Å². The summed E-state index contributed by atoms with van der Waals surface area (Å²) < 4.78 is 2.49. The van der Waals surface area contributed by atoms with Crippen LogP contribution in [-0.2, 0) is 22.4 Å². The van der Waals surface area contributed by atoms with E-state index in [1.54, 1.807) is 0 Å². The van der Waals surface area contributed by atoms with Crippen LogP contribution in [0.4, 0.5) is 11.4 Å². The molecule has 6 atom stereocenters. The molecule has 2 aliphatic rings. The first-order chi connectivity index (χ1) is 39.0. The Hall–Kier alpha value is -2.26. The van der Waals surface area contributed by atoms with Crippen molar-refractivity contribution in [2.45, 2.75) is 286 Å². The van der Waals surface area contributed by atoms with Gasteiger partial charge in [0.1, 0.15) is 0 Å². The molecule has 4 aromatic rings. The van der Waals surface area contributed by atoms with Gasteiger partial charge in [0.05, 0.1) is 19.4 Å². The predicted octanol–water partition coefficient (Wildman–Crippen LogP) is 24.4. The van der Waals surface area contributed by atoms with Gasteiger partial charge in [0, 0.05) is 34.2 Å². The average molecular weight is 1260 g/mol. The third-order valence-corrected chi connectivity index (χ3v) is 22.4. The Balaban J connectivity index is 1.42. The van der Waals surface area contributed by atoms with Crippen molar-refractivity contribution in [1.82, 2.24) is 0 Å². The number of hydrogen-bond donors (Lipinski definition) is 0. The molecule has 6 unspecified atom stereocenters. The number of hydrogen-bond acceptors (Lipinski definition) is 4. The maximum Gasteiger partial charge on any atom is 0.235 e. The van der Waals surface area contributed by atoms with E-state index in [4.69, 9.17) is 0 Å². The van der Waals surface area contributed by atoms with Crippen molar-refractivity contribution in [2.75, 3.05) is 22.9 Å². The Morgan fingerprint density at radius 3 is 1.01 bits per heavy atom. The summed E-state index contributed by atoms with van der Waals surface area (Å²) in [6, 6.07) is 18.7. The number of carbonyl (C=O) groups is 2. The molecule has 0 N–H and O–H groups in total. The molecule has 8 heteroatoms. The number of fused-ring (bicyclic) bond motifs is 2. The molecule has 0 bridgehead atoms. The van der Waals surface area contributed by atoms with Crippen molar-refractivity contribution in [3.05, 3.63) is 78.4 Å². The number of carbonyl (C=O) groups excluding carboxylic acids is 2. The first-order valence-corrected chi connectivity index (χ1v) is 36.7. The molecule has 2 aromatic heterocycles. The van der Waals surface area contributed by atoms with E-state index in [2.05, 4.69) is 146 Å². The molecule has 0 spiro atoms. The van der Waals surface area contributed by atoms with Gasteiger partial charge >= 0.3 is 0 Å². The first-order valence-electron chi connectivity index (χ1n) is 33.5. The van der Waals surface area contributed by atoms with Crippen LogP contribution in [-0.4, -0.2) is 24.9 Å². The Kier molecular flexibility index (Phi) is 30.6. The van der Waals surface area contributed by atoms with E-state index in [1.807, 2.05) is 22.7 Å². The van der Waals surface area contributed by atoms with Crippen molar-refractivity contribution in [3.63, 3.8) is 0 Å². The molecular formula is C72H110Br2N2O2S2. The maximum absolute atomic E-state index is 15.9. The van der Waals surface area contributed by atoms with Gasteiger partial charge in [-0.15, -0.1) is 22.7 Å². The number of unbranched alkanes of at least 4 members (excludes halogenated alkanes) is 16. The van der Waals surface area contributed by atoms with Crippen LogP contribution in [0.2, 0.25) is 0 Å². The maximum atomic E-state index is 15.9. The van der Waals surface area contributed by atoms with E-state index in [1.165, 1.54) is 207 Å². The summed E-state index contributed by atoms with van der Waals surface area (Å²) in [5.41, 5.74) is 9.37. The lowest BCUT2D eigenvalue weighted by molar-refractivity contribution is -0.125. The summed E-state index contributed by atoms with van der Waals surface area (Å²) in [6.07, 6.45) is 42.1. The van der Waals surface area contributed by atoms with Crippen molar-refractivity contribution >= 4 is 77.7 Å².